The van der Waals surface area contributed by atoms with Crippen LogP contribution in [0.15, 0.2) is 23.2 Å². The lowest BCUT2D eigenvalue weighted by Crippen LogP contribution is -2.40. The van der Waals surface area contributed by atoms with Crippen molar-refractivity contribution in [2.75, 3.05) is 19.7 Å². The highest BCUT2D eigenvalue weighted by atomic mass is 16.5. The van der Waals surface area contributed by atoms with Gasteiger partial charge in [0.15, 0.2) is 5.96 Å². The van der Waals surface area contributed by atoms with Crippen LogP contribution in [0.2, 0.25) is 0 Å². The van der Waals surface area contributed by atoms with Gasteiger partial charge in [0.2, 0.25) is 5.91 Å². The van der Waals surface area contributed by atoms with Gasteiger partial charge in [-0.2, -0.15) is 0 Å². The van der Waals surface area contributed by atoms with E-state index < -0.39 is 0 Å². The summed E-state index contributed by atoms with van der Waals surface area (Å²) in [4.78, 5) is 16.3. The lowest BCUT2D eigenvalue weighted by molar-refractivity contribution is -0.121. The van der Waals surface area contributed by atoms with Gasteiger partial charge >= 0.3 is 0 Å². The number of rotatable bonds is 10. The van der Waals surface area contributed by atoms with E-state index in [-0.39, 0.29) is 11.9 Å². The summed E-state index contributed by atoms with van der Waals surface area (Å²) in [6.07, 6.45) is 1.39. The van der Waals surface area contributed by atoms with Gasteiger partial charge in [-0.25, -0.2) is 4.99 Å². The zero-order valence-electron chi connectivity index (χ0n) is 16.8. The van der Waals surface area contributed by atoms with Crippen molar-refractivity contribution in [3.8, 4) is 5.75 Å². The Hall–Kier alpha value is -2.24. The van der Waals surface area contributed by atoms with Gasteiger partial charge in [-0.05, 0) is 45.7 Å². The van der Waals surface area contributed by atoms with Gasteiger partial charge in [0.25, 0.3) is 0 Å². The first kappa shape index (κ1) is 21.8. The monoisotopic (exact) mass is 362 g/mol. The number of carbonyl (C=O) groups is 1. The molecule has 1 amide bonds. The molecule has 0 atom stereocenters. The van der Waals surface area contributed by atoms with Crippen molar-refractivity contribution in [2.45, 2.75) is 60.0 Å². The Kier molecular flexibility index (Phi) is 10.2. The predicted octanol–water partition coefficient (Wildman–Crippen LogP) is 2.75. The molecule has 0 saturated heterocycles. The Morgan fingerprint density at radius 3 is 2.65 bits per heavy atom. The molecule has 3 N–H and O–H groups in total. The zero-order chi connectivity index (χ0) is 19.4. The van der Waals surface area contributed by atoms with Crippen LogP contribution in [0.25, 0.3) is 0 Å². The van der Waals surface area contributed by atoms with Crippen LogP contribution in [0, 0.1) is 6.92 Å². The summed E-state index contributed by atoms with van der Waals surface area (Å²) in [6, 6.07) is 6.34. The van der Waals surface area contributed by atoms with Gasteiger partial charge in [-0.3, -0.25) is 4.79 Å². The quantitative estimate of drug-likeness (QED) is 0.442. The number of benzene rings is 1. The molecule has 6 nitrogen and oxygen atoms in total. The summed E-state index contributed by atoms with van der Waals surface area (Å²) in [7, 11) is 0. The van der Waals surface area contributed by atoms with E-state index in [0.717, 1.165) is 24.3 Å². The summed E-state index contributed by atoms with van der Waals surface area (Å²) in [6.45, 7) is 12.6. The van der Waals surface area contributed by atoms with Crippen molar-refractivity contribution in [3.05, 3.63) is 29.3 Å². The number of nitrogens with one attached hydrogen (secondary N) is 3. The van der Waals surface area contributed by atoms with E-state index in [9.17, 15) is 4.79 Å². The third kappa shape index (κ3) is 8.74. The highest BCUT2D eigenvalue weighted by molar-refractivity contribution is 5.81. The molecule has 0 unspecified atom stereocenters. The predicted molar refractivity (Wildman–Crippen MR) is 108 cm³/mol. The van der Waals surface area contributed by atoms with E-state index >= 15 is 0 Å². The number of aryl methyl sites for hydroxylation is 1. The van der Waals surface area contributed by atoms with Gasteiger partial charge in [0.1, 0.15) is 5.75 Å². The molecule has 0 saturated carbocycles. The molecule has 0 fully saturated rings. The van der Waals surface area contributed by atoms with Crippen molar-refractivity contribution in [1.82, 2.24) is 16.0 Å². The van der Waals surface area contributed by atoms with E-state index in [1.54, 1.807) is 0 Å². The molecule has 0 aromatic heterocycles. The molecule has 0 spiro atoms. The smallest absolute Gasteiger partial charge is 0.221 e. The highest BCUT2D eigenvalue weighted by Gasteiger charge is 2.06. The summed E-state index contributed by atoms with van der Waals surface area (Å²) < 4.78 is 5.85. The number of carbonyl (C=O) groups excluding carboxylic acids is 1. The van der Waals surface area contributed by atoms with Gasteiger partial charge in [-0.1, -0.05) is 19.1 Å². The summed E-state index contributed by atoms with van der Waals surface area (Å²) in [5, 5.41) is 9.30. The molecule has 0 aliphatic carbocycles. The van der Waals surface area contributed by atoms with Crippen LogP contribution in [0.1, 0.15) is 51.7 Å². The number of nitrogens with zero attached hydrogens (tertiary/aromatic N) is 1. The Bertz CT molecular complexity index is 585. The first-order chi connectivity index (χ1) is 12.5. The van der Waals surface area contributed by atoms with Crippen LogP contribution in [0.3, 0.4) is 0 Å². The number of amides is 1. The summed E-state index contributed by atoms with van der Waals surface area (Å²) in [5.74, 6) is 1.63. The molecule has 6 heteroatoms. The van der Waals surface area contributed by atoms with Gasteiger partial charge in [0, 0.05) is 31.1 Å². The lowest BCUT2D eigenvalue weighted by Gasteiger charge is -2.14. The average Bonchev–Trinajstić information content (AvgIpc) is 2.58. The van der Waals surface area contributed by atoms with E-state index in [2.05, 4.69) is 53.0 Å². The molecule has 0 aliphatic heterocycles. The number of aliphatic imine (C=N–C) groups is 1. The first-order valence-electron chi connectivity index (χ1n) is 9.50. The van der Waals surface area contributed by atoms with Gasteiger partial charge < -0.3 is 20.7 Å². The largest absolute Gasteiger partial charge is 0.493 e. The maximum absolute atomic E-state index is 11.7. The standard InChI is InChI=1S/C20H34N4O2/c1-6-12-26-18-13-16(5)8-9-17(18)14-23-20(21-7-2)22-11-10-19(25)24-15(3)4/h8-9,13,15H,6-7,10-12,14H2,1-5H3,(H,24,25)(H2,21,22,23). The second-order valence-corrected chi connectivity index (χ2v) is 6.55. The van der Waals surface area contributed by atoms with Crippen LogP contribution in [-0.4, -0.2) is 37.6 Å². The average molecular weight is 363 g/mol. The second-order valence-electron chi connectivity index (χ2n) is 6.55. The van der Waals surface area contributed by atoms with Crippen LogP contribution < -0.4 is 20.7 Å². The molecule has 1 aromatic rings. The Morgan fingerprint density at radius 1 is 1.23 bits per heavy atom. The van der Waals surface area contributed by atoms with Crippen LogP contribution in [0.4, 0.5) is 0 Å². The number of hydrogen-bond acceptors (Lipinski definition) is 3. The fraction of sp³-hybridized carbons (Fsp3) is 0.600. The Morgan fingerprint density at radius 2 is 2.00 bits per heavy atom. The minimum absolute atomic E-state index is 0.0390. The Balaban J connectivity index is 2.67. The van der Waals surface area contributed by atoms with Crippen molar-refractivity contribution in [3.63, 3.8) is 0 Å². The molecular weight excluding hydrogens is 328 g/mol. The maximum Gasteiger partial charge on any atom is 0.221 e. The molecule has 1 aromatic carbocycles. The normalized spacial score (nSPS) is 11.4. The first-order valence-corrected chi connectivity index (χ1v) is 9.50. The number of ether oxygens (including phenoxy) is 1. The molecule has 0 radical (unpaired) electrons. The fourth-order valence-corrected chi connectivity index (χ4v) is 2.33. The third-order valence-corrected chi connectivity index (χ3v) is 3.53. The second kappa shape index (κ2) is 12.2. The third-order valence-electron chi connectivity index (χ3n) is 3.53. The van der Waals surface area contributed by atoms with Crippen LogP contribution in [-0.2, 0) is 11.3 Å². The molecule has 26 heavy (non-hydrogen) atoms. The number of guanidine groups is 1. The van der Waals surface area contributed by atoms with Crippen LogP contribution in [0.5, 0.6) is 5.75 Å². The van der Waals surface area contributed by atoms with E-state index in [1.807, 2.05) is 20.8 Å². The van der Waals surface area contributed by atoms with Crippen molar-refractivity contribution in [2.24, 2.45) is 4.99 Å². The van der Waals surface area contributed by atoms with Gasteiger partial charge in [0.05, 0.1) is 13.2 Å². The summed E-state index contributed by atoms with van der Waals surface area (Å²) in [5.41, 5.74) is 2.23. The SMILES string of the molecule is CCCOc1cc(C)ccc1CN=C(NCC)NCCC(=O)NC(C)C. The minimum Gasteiger partial charge on any atom is -0.493 e. The molecule has 0 aliphatic rings. The van der Waals surface area contributed by atoms with Crippen molar-refractivity contribution >= 4 is 11.9 Å². The van der Waals surface area contributed by atoms with Gasteiger partial charge in [-0.15, -0.1) is 0 Å². The number of hydrogen-bond donors (Lipinski definition) is 3. The fourth-order valence-electron chi connectivity index (χ4n) is 2.33. The molecular formula is C20H34N4O2. The topological polar surface area (TPSA) is 74.8 Å². The van der Waals surface area contributed by atoms with E-state index in [4.69, 9.17) is 4.74 Å². The lowest BCUT2D eigenvalue weighted by atomic mass is 10.1. The Labute approximate surface area is 157 Å². The molecule has 0 heterocycles. The maximum atomic E-state index is 11.7. The molecule has 0 bridgehead atoms. The molecule has 146 valence electrons. The van der Waals surface area contributed by atoms with E-state index in [0.29, 0.717) is 32.1 Å². The van der Waals surface area contributed by atoms with E-state index in [1.165, 1.54) is 5.56 Å². The highest BCUT2D eigenvalue weighted by Crippen LogP contribution is 2.21. The summed E-state index contributed by atoms with van der Waals surface area (Å²) >= 11 is 0. The minimum atomic E-state index is 0.0390. The van der Waals surface area contributed by atoms with Crippen molar-refractivity contribution < 1.29 is 9.53 Å². The van der Waals surface area contributed by atoms with Crippen molar-refractivity contribution in [1.29, 1.82) is 0 Å². The zero-order valence-corrected chi connectivity index (χ0v) is 16.8. The molecule has 1 rings (SSSR count). The van der Waals surface area contributed by atoms with Crippen LogP contribution >= 0.6 is 0 Å².